The van der Waals surface area contributed by atoms with Crippen LogP contribution in [0.3, 0.4) is 0 Å². The molecular formula is C12H22N2O4. The Morgan fingerprint density at radius 2 is 2.06 bits per heavy atom. The van der Waals surface area contributed by atoms with Gasteiger partial charge in [-0.25, -0.2) is 0 Å². The van der Waals surface area contributed by atoms with Gasteiger partial charge < -0.3 is 20.5 Å². The van der Waals surface area contributed by atoms with Crippen molar-refractivity contribution in [1.29, 1.82) is 0 Å². The van der Waals surface area contributed by atoms with Gasteiger partial charge in [0, 0.05) is 20.1 Å². The average molecular weight is 258 g/mol. The largest absolute Gasteiger partial charge is 0.481 e. The van der Waals surface area contributed by atoms with E-state index in [1.807, 2.05) is 0 Å². The van der Waals surface area contributed by atoms with Crippen molar-refractivity contribution in [3.05, 3.63) is 0 Å². The zero-order valence-corrected chi connectivity index (χ0v) is 10.8. The molecule has 0 bridgehead atoms. The van der Waals surface area contributed by atoms with Gasteiger partial charge in [0.2, 0.25) is 5.91 Å². The summed E-state index contributed by atoms with van der Waals surface area (Å²) in [5.74, 6) is -0.853. The molecule has 6 nitrogen and oxygen atoms in total. The molecule has 0 aromatic heterocycles. The predicted molar refractivity (Wildman–Crippen MR) is 66.3 cm³/mol. The summed E-state index contributed by atoms with van der Waals surface area (Å²) >= 11 is 0. The van der Waals surface area contributed by atoms with Gasteiger partial charge in [0.1, 0.15) is 0 Å². The summed E-state index contributed by atoms with van der Waals surface area (Å²) in [5, 5.41) is 14.6. The van der Waals surface area contributed by atoms with E-state index in [1.54, 1.807) is 7.11 Å². The number of hydrogen-bond acceptors (Lipinski definition) is 4. The second kappa shape index (κ2) is 7.33. The fourth-order valence-corrected chi connectivity index (χ4v) is 2.25. The number of ether oxygens (including phenoxy) is 1. The topological polar surface area (TPSA) is 87.7 Å². The van der Waals surface area contributed by atoms with Crippen LogP contribution in [0.2, 0.25) is 0 Å². The predicted octanol–water partition coefficient (Wildman–Crippen LogP) is -0.0164. The summed E-state index contributed by atoms with van der Waals surface area (Å²) < 4.78 is 5.17. The Kier molecular flexibility index (Phi) is 6.07. The van der Waals surface area contributed by atoms with E-state index in [-0.39, 0.29) is 12.3 Å². The van der Waals surface area contributed by atoms with Crippen molar-refractivity contribution in [2.45, 2.75) is 25.7 Å². The van der Waals surface area contributed by atoms with Gasteiger partial charge >= 0.3 is 5.97 Å². The third-order valence-corrected chi connectivity index (χ3v) is 3.32. The Labute approximate surface area is 107 Å². The summed E-state index contributed by atoms with van der Waals surface area (Å²) in [7, 11) is 1.60. The molecule has 1 aliphatic rings. The first kappa shape index (κ1) is 14.9. The highest BCUT2D eigenvalue weighted by molar-refractivity contribution is 5.83. The van der Waals surface area contributed by atoms with Crippen molar-refractivity contribution in [3.63, 3.8) is 0 Å². The highest BCUT2D eigenvalue weighted by Gasteiger charge is 2.39. The molecule has 1 saturated heterocycles. The molecule has 104 valence electrons. The molecule has 1 rings (SSSR count). The number of carbonyl (C=O) groups is 2. The maximum atomic E-state index is 12.2. The van der Waals surface area contributed by atoms with Gasteiger partial charge in [-0.05, 0) is 32.4 Å². The maximum Gasteiger partial charge on any atom is 0.303 e. The second-order valence-electron chi connectivity index (χ2n) is 4.72. The normalized spacial score (nSPS) is 18.3. The lowest BCUT2D eigenvalue weighted by molar-refractivity contribution is -0.138. The number of rotatable bonds is 7. The van der Waals surface area contributed by atoms with Crippen molar-refractivity contribution in [3.8, 4) is 0 Å². The third kappa shape index (κ3) is 4.27. The first-order chi connectivity index (χ1) is 8.60. The fraction of sp³-hybridized carbons (Fsp3) is 0.833. The SMILES string of the molecule is COCC1(C(=O)NCCCC(=O)O)CCNCC1. The number of hydrogen-bond donors (Lipinski definition) is 3. The van der Waals surface area contributed by atoms with E-state index in [4.69, 9.17) is 9.84 Å². The molecule has 0 atom stereocenters. The van der Waals surface area contributed by atoms with Crippen LogP contribution in [0.5, 0.6) is 0 Å². The summed E-state index contributed by atoms with van der Waals surface area (Å²) in [4.78, 5) is 22.6. The molecule has 0 unspecified atom stereocenters. The quantitative estimate of drug-likeness (QED) is 0.559. The minimum absolute atomic E-state index is 0.0174. The first-order valence-corrected chi connectivity index (χ1v) is 6.30. The lowest BCUT2D eigenvalue weighted by Crippen LogP contribution is -2.50. The van der Waals surface area contributed by atoms with Gasteiger partial charge in [-0.2, -0.15) is 0 Å². The molecule has 0 spiro atoms. The van der Waals surface area contributed by atoms with Gasteiger partial charge in [-0.3, -0.25) is 9.59 Å². The van der Waals surface area contributed by atoms with E-state index in [9.17, 15) is 9.59 Å². The lowest BCUT2D eigenvalue weighted by Gasteiger charge is -2.35. The van der Waals surface area contributed by atoms with Crippen LogP contribution in [-0.2, 0) is 14.3 Å². The van der Waals surface area contributed by atoms with Gasteiger partial charge in [0.25, 0.3) is 0 Å². The molecule has 1 fully saturated rings. The Morgan fingerprint density at radius 3 is 2.61 bits per heavy atom. The number of nitrogens with one attached hydrogen (secondary N) is 2. The fourth-order valence-electron chi connectivity index (χ4n) is 2.25. The van der Waals surface area contributed by atoms with Crippen LogP contribution in [-0.4, -0.2) is 50.3 Å². The molecular weight excluding hydrogens is 236 g/mol. The molecule has 1 heterocycles. The zero-order chi connectivity index (χ0) is 13.4. The number of amides is 1. The molecule has 0 aromatic rings. The summed E-state index contributed by atoms with van der Waals surface area (Å²) in [6, 6.07) is 0. The van der Waals surface area contributed by atoms with Crippen molar-refractivity contribution >= 4 is 11.9 Å². The Hall–Kier alpha value is -1.14. The number of carboxylic acids is 1. The maximum absolute atomic E-state index is 12.2. The molecule has 0 aliphatic carbocycles. The first-order valence-electron chi connectivity index (χ1n) is 6.30. The van der Waals surface area contributed by atoms with Gasteiger partial charge in [0.15, 0.2) is 0 Å². The molecule has 1 amide bonds. The Morgan fingerprint density at radius 1 is 1.39 bits per heavy atom. The van der Waals surface area contributed by atoms with Crippen LogP contribution in [0.1, 0.15) is 25.7 Å². The van der Waals surface area contributed by atoms with Gasteiger partial charge in [-0.15, -0.1) is 0 Å². The highest BCUT2D eigenvalue weighted by Crippen LogP contribution is 2.29. The van der Waals surface area contributed by atoms with Crippen LogP contribution in [0.4, 0.5) is 0 Å². The lowest BCUT2D eigenvalue weighted by atomic mass is 9.78. The highest BCUT2D eigenvalue weighted by atomic mass is 16.5. The summed E-state index contributed by atoms with van der Waals surface area (Å²) in [5.41, 5.74) is -0.455. The van der Waals surface area contributed by atoms with Crippen molar-refractivity contribution in [2.75, 3.05) is 33.4 Å². The van der Waals surface area contributed by atoms with Crippen LogP contribution in [0.25, 0.3) is 0 Å². The number of piperidine rings is 1. The van der Waals surface area contributed by atoms with Crippen LogP contribution in [0, 0.1) is 5.41 Å². The van der Waals surface area contributed by atoms with Gasteiger partial charge in [-0.1, -0.05) is 0 Å². The molecule has 18 heavy (non-hydrogen) atoms. The Balaban J connectivity index is 2.42. The van der Waals surface area contributed by atoms with E-state index in [0.29, 0.717) is 19.6 Å². The molecule has 0 radical (unpaired) electrons. The molecule has 0 aromatic carbocycles. The zero-order valence-electron chi connectivity index (χ0n) is 10.8. The Bertz CT molecular complexity index is 282. The van der Waals surface area contributed by atoms with E-state index < -0.39 is 11.4 Å². The number of carbonyl (C=O) groups excluding carboxylic acids is 1. The summed E-state index contributed by atoms with van der Waals surface area (Å²) in [6.45, 7) is 2.45. The number of aliphatic carboxylic acids is 1. The van der Waals surface area contributed by atoms with Crippen molar-refractivity contribution in [2.24, 2.45) is 5.41 Å². The van der Waals surface area contributed by atoms with E-state index in [1.165, 1.54) is 0 Å². The van der Waals surface area contributed by atoms with Gasteiger partial charge in [0.05, 0.1) is 12.0 Å². The third-order valence-electron chi connectivity index (χ3n) is 3.32. The van der Waals surface area contributed by atoms with E-state index >= 15 is 0 Å². The van der Waals surface area contributed by atoms with E-state index in [0.717, 1.165) is 25.9 Å². The second-order valence-corrected chi connectivity index (χ2v) is 4.72. The summed E-state index contributed by atoms with van der Waals surface area (Å²) in [6.07, 6.45) is 2.05. The molecule has 6 heteroatoms. The van der Waals surface area contributed by atoms with Crippen LogP contribution in [0.15, 0.2) is 0 Å². The number of methoxy groups -OCH3 is 1. The number of carboxylic acid groups (broad SMARTS) is 1. The van der Waals surface area contributed by atoms with Crippen LogP contribution >= 0.6 is 0 Å². The molecule has 3 N–H and O–H groups in total. The van der Waals surface area contributed by atoms with Crippen LogP contribution < -0.4 is 10.6 Å². The monoisotopic (exact) mass is 258 g/mol. The van der Waals surface area contributed by atoms with Crippen molar-refractivity contribution < 1.29 is 19.4 Å². The minimum atomic E-state index is -0.835. The molecule has 1 aliphatic heterocycles. The van der Waals surface area contributed by atoms with E-state index in [2.05, 4.69) is 10.6 Å². The average Bonchev–Trinajstić information content (AvgIpc) is 2.35. The minimum Gasteiger partial charge on any atom is -0.481 e. The standard InChI is InChI=1S/C12H22N2O4/c1-18-9-12(4-7-13-8-5-12)11(17)14-6-2-3-10(15)16/h13H,2-9H2,1H3,(H,14,17)(H,15,16). The molecule has 0 saturated carbocycles. The van der Waals surface area contributed by atoms with Crippen molar-refractivity contribution in [1.82, 2.24) is 10.6 Å². The smallest absolute Gasteiger partial charge is 0.303 e.